The van der Waals surface area contributed by atoms with E-state index >= 15 is 0 Å². The first-order chi connectivity index (χ1) is 14.3. The zero-order chi connectivity index (χ0) is 21.7. The maximum Gasteiger partial charge on any atom is 0.266 e. The molecular weight excluding hydrogens is 515 g/mol. The van der Waals surface area contributed by atoms with E-state index in [1.54, 1.807) is 5.38 Å². The summed E-state index contributed by atoms with van der Waals surface area (Å²) in [5.41, 5.74) is 1.44. The lowest BCUT2D eigenvalue weighted by atomic mass is 10.1. The Balaban J connectivity index is 1.72. The maximum atomic E-state index is 14.6. The van der Waals surface area contributed by atoms with Crippen LogP contribution in [0.5, 0.6) is 0 Å². The van der Waals surface area contributed by atoms with E-state index in [0.29, 0.717) is 12.2 Å². The van der Waals surface area contributed by atoms with Gasteiger partial charge in [-0.15, -0.1) is 11.3 Å². The molecule has 0 fully saturated rings. The lowest BCUT2D eigenvalue weighted by Crippen LogP contribution is -2.34. The molecule has 0 saturated heterocycles. The highest BCUT2D eigenvalue weighted by atomic mass is 79.9. The summed E-state index contributed by atoms with van der Waals surface area (Å²) in [6, 6.07) is 10.1. The van der Waals surface area contributed by atoms with Gasteiger partial charge in [-0.25, -0.2) is 17.8 Å². The average molecular weight is 534 g/mol. The predicted molar refractivity (Wildman–Crippen MR) is 124 cm³/mol. The van der Waals surface area contributed by atoms with Crippen molar-refractivity contribution in [3.8, 4) is 0 Å². The van der Waals surface area contributed by atoms with Gasteiger partial charge in [-0.1, -0.05) is 45.7 Å². The lowest BCUT2D eigenvalue weighted by molar-refractivity contribution is 0.568. The van der Waals surface area contributed by atoms with Crippen molar-refractivity contribution in [2.45, 2.75) is 17.4 Å². The number of aromatic nitrogens is 1. The third kappa shape index (κ3) is 5.70. The van der Waals surface area contributed by atoms with Gasteiger partial charge in [0.15, 0.2) is 5.13 Å². The number of nitrogens with one attached hydrogen (secondary N) is 3. The van der Waals surface area contributed by atoms with Crippen molar-refractivity contribution in [1.82, 2.24) is 10.3 Å². The summed E-state index contributed by atoms with van der Waals surface area (Å²) in [5, 5.41) is 8.17. The summed E-state index contributed by atoms with van der Waals surface area (Å²) in [5.74, 6) is -0.905. The molecule has 0 radical (unpaired) electrons. The van der Waals surface area contributed by atoms with E-state index in [2.05, 4.69) is 36.3 Å². The van der Waals surface area contributed by atoms with Gasteiger partial charge in [0, 0.05) is 28.6 Å². The molecule has 0 spiro atoms. The highest BCUT2D eigenvalue weighted by molar-refractivity contribution is 9.10. The summed E-state index contributed by atoms with van der Waals surface area (Å²) in [4.78, 5) is 3.31. The molecule has 0 saturated carbocycles. The standard InChI is InChI=1S/C19H19BrClFN4O2S2/c1-23-13(8-12-4-2-3-5-14(12)20)11-25-17-10-16(22)18(9-15(17)21)30(27,28)26-19-24-6-7-29-19/h2-7,9-10,13,23,25H,8,11H2,1H3,(H,24,26)/t13-/m0/s1. The first-order valence-corrected chi connectivity index (χ1v) is 12.4. The van der Waals surface area contributed by atoms with Crippen molar-refractivity contribution in [3.63, 3.8) is 0 Å². The van der Waals surface area contributed by atoms with Crippen LogP contribution in [-0.2, 0) is 16.4 Å². The number of benzene rings is 2. The van der Waals surface area contributed by atoms with Crippen LogP contribution in [0.2, 0.25) is 5.02 Å². The van der Waals surface area contributed by atoms with Crippen molar-refractivity contribution in [1.29, 1.82) is 0 Å². The molecule has 0 unspecified atom stereocenters. The van der Waals surface area contributed by atoms with Crippen molar-refractivity contribution < 1.29 is 12.8 Å². The van der Waals surface area contributed by atoms with E-state index < -0.39 is 20.7 Å². The summed E-state index contributed by atoms with van der Waals surface area (Å²) in [7, 11) is -2.30. The maximum absolute atomic E-state index is 14.6. The van der Waals surface area contributed by atoms with Gasteiger partial charge >= 0.3 is 0 Å². The van der Waals surface area contributed by atoms with Crippen molar-refractivity contribution in [3.05, 3.63) is 68.9 Å². The fraction of sp³-hybridized carbons (Fsp3) is 0.211. The number of anilines is 2. The minimum Gasteiger partial charge on any atom is -0.382 e. The van der Waals surface area contributed by atoms with E-state index in [1.807, 2.05) is 31.3 Å². The van der Waals surface area contributed by atoms with Gasteiger partial charge in [-0.2, -0.15) is 0 Å². The average Bonchev–Trinajstić information content (AvgIpc) is 3.20. The van der Waals surface area contributed by atoms with Crippen LogP contribution in [0.15, 0.2) is 57.3 Å². The van der Waals surface area contributed by atoms with Crippen LogP contribution in [-0.4, -0.2) is 33.0 Å². The quantitative estimate of drug-likeness (QED) is 0.370. The molecule has 2 aromatic carbocycles. The topological polar surface area (TPSA) is 83.1 Å². The number of thiazole rings is 1. The minimum atomic E-state index is -4.14. The third-order valence-corrected chi connectivity index (χ3v) is 7.59. The zero-order valence-electron chi connectivity index (χ0n) is 15.8. The smallest absolute Gasteiger partial charge is 0.266 e. The molecule has 1 atom stereocenters. The molecule has 3 rings (SSSR count). The number of rotatable bonds is 9. The summed E-state index contributed by atoms with van der Waals surface area (Å²) in [6.07, 6.45) is 2.18. The molecule has 0 aliphatic heterocycles. The van der Waals surface area contributed by atoms with Crippen LogP contribution in [0.1, 0.15) is 5.56 Å². The molecule has 30 heavy (non-hydrogen) atoms. The predicted octanol–water partition coefficient (Wildman–Crippen LogP) is 4.74. The first kappa shape index (κ1) is 23.0. The summed E-state index contributed by atoms with van der Waals surface area (Å²) >= 11 is 10.9. The highest BCUT2D eigenvalue weighted by Gasteiger charge is 2.22. The molecule has 6 nitrogen and oxygen atoms in total. The number of likely N-dealkylation sites (N-methyl/N-ethyl adjacent to an activating group) is 1. The van der Waals surface area contributed by atoms with Crippen molar-refractivity contribution in [2.24, 2.45) is 0 Å². The van der Waals surface area contributed by atoms with Gasteiger partial charge in [-0.05, 0) is 37.2 Å². The lowest BCUT2D eigenvalue weighted by Gasteiger charge is -2.19. The number of sulfonamides is 1. The van der Waals surface area contributed by atoms with Crippen LogP contribution in [0, 0.1) is 5.82 Å². The molecule has 0 aliphatic rings. The Bertz CT molecular complexity index is 1110. The molecule has 0 bridgehead atoms. The third-order valence-electron chi connectivity index (χ3n) is 4.34. The van der Waals surface area contributed by atoms with Crippen molar-refractivity contribution in [2.75, 3.05) is 23.6 Å². The second-order valence-electron chi connectivity index (χ2n) is 6.37. The number of hydrogen-bond acceptors (Lipinski definition) is 6. The summed E-state index contributed by atoms with van der Waals surface area (Å²) < 4.78 is 42.8. The van der Waals surface area contributed by atoms with Gasteiger partial charge in [0.25, 0.3) is 10.0 Å². The normalized spacial score (nSPS) is 12.5. The van der Waals surface area contributed by atoms with Gasteiger partial charge < -0.3 is 10.6 Å². The van der Waals surface area contributed by atoms with Crippen LogP contribution in [0.4, 0.5) is 15.2 Å². The molecule has 11 heteroatoms. The van der Waals surface area contributed by atoms with Crippen molar-refractivity contribution >= 4 is 59.7 Å². The van der Waals surface area contributed by atoms with E-state index in [0.717, 1.165) is 39.9 Å². The fourth-order valence-corrected chi connectivity index (χ4v) is 5.37. The second-order valence-corrected chi connectivity index (χ2v) is 10.2. The molecule has 1 aromatic heterocycles. The van der Waals surface area contributed by atoms with Crippen LogP contribution in [0.25, 0.3) is 0 Å². The number of nitrogens with zero attached hydrogens (tertiary/aromatic N) is 1. The van der Waals surface area contributed by atoms with Crippen LogP contribution in [0.3, 0.4) is 0 Å². The monoisotopic (exact) mass is 532 g/mol. The van der Waals surface area contributed by atoms with Gasteiger partial charge in [0.1, 0.15) is 10.7 Å². The Morgan fingerprint density at radius 3 is 2.73 bits per heavy atom. The molecule has 3 aromatic rings. The Morgan fingerprint density at radius 2 is 2.07 bits per heavy atom. The van der Waals surface area contributed by atoms with Gasteiger partial charge in [0.2, 0.25) is 0 Å². The molecular formula is C19H19BrClFN4O2S2. The fourth-order valence-electron chi connectivity index (χ4n) is 2.75. The highest BCUT2D eigenvalue weighted by Crippen LogP contribution is 2.29. The van der Waals surface area contributed by atoms with Crippen LogP contribution >= 0.6 is 38.9 Å². The Morgan fingerprint density at radius 1 is 1.30 bits per heavy atom. The minimum absolute atomic E-state index is 0.0396. The Labute approximate surface area is 192 Å². The van der Waals surface area contributed by atoms with Gasteiger partial charge in [-0.3, -0.25) is 4.72 Å². The summed E-state index contributed by atoms with van der Waals surface area (Å²) in [6.45, 7) is 0.459. The van der Waals surface area contributed by atoms with Gasteiger partial charge in [0.05, 0.1) is 10.7 Å². The Hall–Kier alpha value is -1.72. The number of hydrogen-bond donors (Lipinski definition) is 3. The Kier molecular flexibility index (Phi) is 7.70. The van der Waals surface area contributed by atoms with E-state index in [1.165, 1.54) is 6.20 Å². The SMILES string of the molecule is CN[C@H](CNc1cc(F)c(S(=O)(=O)Nc2nccs2)cc1Cl)Cc1ccccc1Br. The molecule has 160 valence electrons. The zero-order valence-corrected chi connectivity index (χ0v) is 19.8. The molecule has 3 N–H and O–H groups in total. The first-order valence-electron chi connectivity index (χ1n) is 8.86. The van der Waals surface area contributed by atoms with E-state index in [9.17, 15) is 12.8 Å². The van der Waals surface area contributed by atoms with Crippen LogP contribution < -0.4 is 15.4 Å². The largest absolute Gasteiger partial charge is 0.382 e. The van der Waals surface area contributed by atoms with E-state index in [4.69, 9.17) is 11.6 Å². The van der Waals surface area contributed by atoms with E-state index in [-0.39, 0.29) is 16.2 Å². The number of halogens is 3. The molecule has 0 amide bonds. The molecule has 1 heterocycles. The molecule has 0 aliphatic carbocycles. The second kappa shape index (κ2) is 10.1.